The zero-order chi connectivity index (χ0) is 12.4. The lowest BCUT2D eigenvalue weighted by molar-refractivity contribution is 0.271. The minimum absolute atomic E-state index is 0.314. The summed E-state index contributed by atoms with van der Waals surface area (Å²) in [6.07, 6.45) is 0. The first-order valence-corrected chi connectivity index (χ1v) is 6.21. The molecule has 0 unspecified atom stereocenters. The molecule has 2 nitrogen and oxygen atoms in total. The van der Waals surface area contributed by atoms with E-state index in [1.165, 1.54) is 0 Å². The molecule has 0 fully saturated rings. The van der Waals surface area contributed by atoms with Gasteiger partial charge in [0.05, 0.1) is 17.1 Å². The maximum Gasteiger partial charge on any atom is 0.175 e. The highest BCUT2D eigenvalue weighted by molar-refractivity contribution is 6.40. The number of hydrogen-bond acceptors (Lipinski definition) is 2. The lowest BCUT2D eigenvalue weighted by Gasteiger charge is -2.12. The van der Waals surface area contributed by atoms with Gasteiger partial charge in [0.15, 0.2) is 10.9 Å². The van der Waals surface area contributed by atoms with Crippen LogP contribution in [0.15, 0.2) is 24.3 Å². The largest absolute Gasteiger partial charge is 0.488 e. The summed E-state index contributed by atoms with van der Waals surface area (Å²) >= 11 is 12.4. The summed E-state index contributed by atoms with van der Waals surface area (Å²) < 4.78 is 5.61. The Labute approximate surface area is 111 Å². The molecule has 1 aromatic heterocycles. The summed E-state index contributed by atoms with van der Waals surface area (Å²) in [6, 6.07) is 7.59. The van der Waals surface area contributed by atoms with Crippen LogP contribution in [0.1, 0.15) is 13.8 Å². The van der Waals surface area contributed by atoms with Crippen LogP contribution in [0.5, 0.6) is 5.75 Å². The summed E-state index contributed by atoms with van der Waals surface area (Å²) in [4.78, 5) is 4.27. The zero-order valence-electron chi connectivity index (χ0n) is 9.71. The van der Waals surface area contributed by atoms with Gasteiger partial charge in [0.25, 0.3) is 0 Å². The second-order valence-corrected chi connectivity index (χ2v) is 5.00. The van der Waals surface area contributed by atoms with E-state index in [0.717, 1.165) is 10.9 Å². The average molecular weight is 270 g/mol. The molecule has 4 heteroatoms. The van der Waals surface area contributed by atoms with Gasteiger partial charge in [-0.2, -0.15) is 0 Å². The van der Waals surface area contributed by atoms with E-state index < -0.39 is 0 Å². The van der Waals surface area contributed by atoms with Crippen LogP contribution in [-0.2, 0) is 0 Å². The molecule has 0 aliphatic heterocycles. The van der Waals surface area contributed by atoms with E-state index in [2.05, 4.69) is 18.8 Å². The molecule has 0 amide bonds. The molecule has 0 aliphatic carbocycles. The number of para-hydroxylation sites is 1. The minimum atomic E-state index is 0.314. The van der Waals surface area contributed by atoms with Gasteiger partial charge >= 0.3 is 0 Å². The van der Waals surface area contributed by atoms with Crippen molar-refractivity contribution >= 4 is 34.1 Å². The van der Waals surface area contributed by atoms with Crippen molar-refractivity contribution in [2.75, 3.05) is 6.61 Å². The third kappa shape index (κ3) is 2.64. The molecule has 0 spiro atoms. The Balaban J connectivity index is 2.48. The van der Waals surface area contributed by atoms with E-state index in [-0.39, 0.29) is 0 Å². The topological polar surface area (TPSA) is 22.1 Å². The van der Waals surface area contributed by atoms with Crippen LogP contribution in [0.3, 0.4) is 0 Å². The Kier molecular flexibility index (Phi) is 3.75. The Bertz CT molecular complexity index is 540. The van der Waals surface area contributed by atoms with Crippen LogP contribution in [0.4, 0.5) is 0 Å². The van der Waals surface area contributed by atoms with Gasteiger partial charge in [-0.3, -0.25) is 0 Å². The number of nitrogens with zero attached hydrogens (tertiary/aromatic N) is 1. The fourth-order valence-electron chi connectivity index (χ4n) is 1.50. The molecule has 1 heterocycles. The average Bonchev–Trinajstić information content (AvgIpc) is 2.28. The maximum absolute atomic E-state index is 6.28. The Morgan fingerprint density at radius 2 is 1.94 bits per heavy atom. The highest BCUT2D eigenvalue weighted by Crippen LogP contribution is 2.37. The summed E-state index contributed by atoms with van der Waals surface area (Å²) in [7, 11) is 0. The van der Waals surface area contributed by atoms with E-state index in [9.17, 15) is 0 Å². The monoisotopic (exact) mass is 269 g/mol. The normalized spacial score (nSPS) is 11.1. The molecule has 0 N–H and O–H groups in total. The summed E-state index contributed by atoms with van der Waals surface area (Å²) in [5.41, 5.74) is 0.777. The summed E-state index contributed by atoms with van der Waals surface area (Å²) in [5.74, 6) is 0.884. The highest BCUT2D eigenvalue weighted by atomic mass is 35.5. The molecular formula is C13H13Cl2NO. The molecule has 2 rings (SSSR count). The molecule has 0 aliphatic rings. The predicted molar refractivity (Wildman–Crippen MR) is 72.1 cm³/mol. The number of rotatable bonds is 3. The zero-order valence-corrected chi connectivity index (χ0v) is 11.2. The Morgan fingerprint density at radius 3 is 2.65 bits per heavy atom. The standard InChI is InChI=1S/C13H13Cl2NO/c1-8(2)7-17-12-11(14)9-5-3-4-6-10(9)16-13(12)15/h3-6,8H,7H2,1-2H3. The van der Waals surface area contributed by atoms with Crippen molar-refractivity contribution in [1.29, 1.82) is 0 Å². The second-order valence-electron chi connectivity index (χ2n) is 4.27. The molecule has 0 saturated carbocycles. The third-order valence-electron chi connectivity index (χ3n) is 2.31. The number of pyridine rings is 1. The molecule has 1 aromatic carbocycles. The van der Waals surface area contributed by atoms with Gasteiger partial charge in [-0.15, -0.1) is 0 Å². The fraction of sp³-hybridized carbons (Fsp3) is 0.308. The number of fused-ring (bicyclic) bond motifs is 1. The SMILES string of the molecule is CC(C)COc1c(Cl)nc2ccccc2c1Cl. The van der Waals surface area contributed by atoms with Crippen LogP contribution in [0.25, 0.3) is 10.9 Å². The first-order valence-electron chi connectivity index (χ1n) is 5.46. The Morgan fingerprint density at radius 1 is 1.24 bits per heavy atom. The van der Waals surface area contributed by atoms with Crippen molar-refractivity contribution in [3.05, 3.63) is 34.4 Å². The van der Waals surface area contributed by atoms with Crippen molar-refractivity contribution in [2.24, 2.45) is 5.92 Å². The smallest absolute Gasteiger partial charge is 0.175 e. The van der Waals surface area contributed by atoms with Gasteiger partial charge in [-0.1, -0.05) is 55.2 Å². The minimum Gasteiger partial charge on any atom is -0.488 e. The Hall–Kier alpha value is -0.990. The number of aromatic nitrogens is 1. The van der Waals surface area contributed by atoms with Gasteiger partial charge < -0.3 is 4.74 Å². The molecule has 0 bridgehead atoms. The molecule has 2 aromatic rings. The van der Waals surface area contributed by atoms with Crippen LogP contribution in [-0.4, -0.2) is 11.6 Å². The second kappa shape index (κ2) is 5.11. The van der Waals surface area contributed by atoms with Crippen molar-refractivity contribution in [3.63, 3.8) is 0 Å². The number of benzene rings is 1. The van der Waals surface area contributed by atoms with Crippen LogP contribution >= 0.6 is 23.2 Å². The molecule has 17 heavy (non-hydrogen) atoms. The van der Waals surface area contributed by atoms with Crippen LogP contribution in [0, 0.1) is 5.92 Å². The van der Waals surface area contributed by atoms with E-state index in [0.29, 0.717) is 28.5 Å². The van der Waals surface area contributed by atoms with Gasteiger partial charge in [0.2, 0.25) is 0 Å². The lowest BCUT2D eigenvalue weighted by Crippen LogP contribution is -2.05. The predicted octanol–water partition coefficient (Wildman–Crippen LogP) is 4.58. The molecule has 0 atom stereocenters. The van der Waals surface area contributed by atoms with E-state index in [1.807, 2.05) is 24.3 Å². The summed E-state index contributed by atoms with van der Waals surface area (Å²) in [5, 5.41) is 1.70. The van der Waals surface area contributed by atoms with Crippen molar-refractivity contribution in [3.8, 4) is 5.75 Å². The van der Waals surface area contributed by atoms with E-state index >= 15 is 0 Å². The first kappa shape index (κ1) is 12.5. The van der Waals surface area contributed by atoms with Gasteiger partial charge in [0, 0.05) is 5.39 Å². The lowest BCUT2D eigenvalue weighted by atomic mass is 10.2. The highest BCUT2D eigenvalue weighted by Gasteiger charge is 2.13. The van der Waals surface area contributed by atoms with E-state index in [4.69, 9.17) is 27.9 Å². The van der Waals surface area contributed by atoms with E-state index in [1.54, 1.807) is 0 Å². The van der Waals surface area contributed by atoms with Gasteiger partial charge in [0.1, 0.15) is 0 Å². The van der Waals surface area contributed by atoms with Crippen molar-refractivity contribution < 1.29 is 4.74 Å². The number of hydrogen-bond donors (Lipinski definition) is 0. The first-order chi connectivity index (χ1) is 8.09. The number of halogens is 2. The molecular weight excluding hydrogens is 257 g/mol. The number of ether oxygens (including phenoxy) is 1. The third-order valence-corrected chi connectivity index (χ3v) is 2.94. The molecule has 0 radical (unpaired) electrons. The molecule has 0 saturated heterocycles. The quantitative estimate of drug-likeness (QED) is 0.762. The summed E-state index contributed by atoms with van der Waals surface area (Å²) in [6.45, 7) is 4.70. The van der Waals surface area contributed by atoms with Gasteiger partial charge in [-0.05, 0) is 12.0 Å². The van der Waals surface area contributed by atoms with Crippen molar-refractivity contribution in [2.45, 2.75) is 13.8 Å². The molecule has 90 valence electrons. The fourth-order valence-corrected chi connectivity index (χ4v) is 2.09. The van der Waals surface area contributed by atoms with Crippen LogP contribution in [0.2, 0.25) is 10.2 Å². The van der Waals surface area contributed by atoms with Gasteiger partial charge in [-0.25, -0.2) is 4.98 Å². The van der Waals surface area contributed by atoms with Crippen molar-refractivity contribution in [1.82, 2.24) is 4.98 Å². The van der Waals surface area contributed by atoms with Crippen LogP contribution < -0.4 is 4.74 Å². The maximum atomic E-state index is 6.28.